The monoisotopic (exact) mass is 276 g/mol. The molecule has 1 heterocycles. The maximum atomic E-state index is 6.20. The Labute approximate surface area is 118 Å². The van der Waals surface area contributed by atoms with Crippen LogP contribution in [0.15, 0.2) is 42.6 Å². The highest BCUT2D eigenvalue weighted by molar-refractivity contribution is 6.32. The topological polar surface area (TPSA) is 34.1 Å². The second-order valence-corrected chi connectivity index (χ2v) is 4.56. The third-order valence-corrected chi connectivity index (χ3v) is 2.97. The fourth-order valence-electron chi connectivity index (χ4n) is 1.68. The lowest BCUT2D eigenvalue weighted by molar-refractivity contribution is 0.301. The molecule has 0 atom stereocenters. The minimum atomic E-state index is 0.424. The van der Waals surface area contributed by atoms with Gasteiger partial charge in [0.25, 0.3) is 0 Å². The first-order valence-electron chi connectivity index (χ1n) is 6.31. The van der Waals surface area contributed by atoms with Crippen LogP contribution in [0, 0.1) is 0 Å². The Balaban J connectivity index is 1.97. The quantitative estimate of drug-likeness (QED) is 0.878. The zero-order valence-corrected chi connectivity index (χ0v) is 11.7. The van der Waals surface area contributed by atoms with E-state index in [-0.39, 0.29) is 0 Å². The van der Waals surface area contributed by atoms with Crippen molar-refractivity contribution in [2.45, 2.75) is 20.1 Å². The first-order chi connectivity index (χ1) is 9.29. The lowest BCUT2D eigenvalue weighted by atomic mass is 10.2. The molecule has 0 aliphatic carbocycles. The van der Waals surface area contributed by atoms with E-state index in [1.807, 2.05) is 36.4 Å². The molecule has 100 valence electrons. The predicted molar refractivity (Wildman–Crippen MR) is 77.4 cm³/mol. The van der Waals surface area contributed by atoms with Crippen LogP contribution < -0.4 is 10.1 Å². The lowest BCUT2D eigenvalue weighted by Crippen LogP contribution is -2.11. The number of benzene rings is 1. The van der Waals surface area contributed by atoms with E-state index in [4.69, 9.17) is 16.3 Å². The highest BCUT2D eigenvalue weighted by atomic mass is 35.5. The van der Waals surface area contributed by atoms with Crippen molar-refractivity contribution in [1.29, 1.82) is 0 Å². The summed E-state index contributed by atoms with van der Waals surface area (Å²) in [7, 11) is 0. The number of aromatic nitrogens is 1. The molecule has 1 N–H and O–H groups in total. The molecule has 2 aromatic rings. The Hall–Kier alpha value is -1.58. The first-order valence-corrected chi connectivity index (χ1v) is 6.69. The molecular formula is C15H17ClN2O. The van der Waals surface area contributed by atoms with E-state index < -0.39 is 0 Å². The summed E-state index contributed by atoms with van der Waals surface area (Å²) in [5, 5.41) is 3.89. The van der Waals surface area contributed by atoms with Crippen molar-refractivity contribution in [3.8, 4) is 5.75 Å². The lowest BCUT2D eigenvalue weighted by Gasteiger charge is -2.09. The van der Waals surface area contributed by atoms with Gasteiger partial charge in [-0.2, -0.15) is 0 Å². The van der Waals surface area contributed by atoms with Gasteiger partial charge in [0.2, 0.25) is 0 Å². The van der Waals surface area contributed by atoms with Gasteiger partial charge in [-0.3, -0.25) is 4.98 Å². The maximum Gasteiger partial charge on any atom is 0.138 e. The molecular weight excluding hydrogens is 260 g/mol. The Morgan fingerprint density at radius 3 is 2.84 bits per heavy atom. The summed E-state index contributed by atoms with van der Waals surface area (Å²) in [4.78, 5) is 4.20. The van der Waals surface area contributed by atoms with Crippen LogP contribution in [0.1, 0.15) is 18.2 Å². The Morgan fingerprint density at radius 2 is 2.16 bits per heavy atom. The SMILES string of the molecule is CCNCc1ccc(OCc2ccccn2)c(Cl)c1. The molecule has 4 heteroatoms. The van der Waals surface area contributed by atoms with Crippen molar-refractivity contribution >= 4 is 11.6 Å². The molecule has 0 saturated heterocycles. The number of hydrogen-bond acceptors (Lipinski definition) is 3. The molecule has 2 rings (SSSR count). The summed E-state index contributed by atoms with van der Waals surface area (Å²) in [5.41, 5.74) is 2.03. The van der Waals surface area contributed by atoms with Crippen LogP contribution in [0.5, 0.6) is 5.75 Å². The third-order valence-electron chi connectivity index (χ3n) is 2.68. The second kappa shape index (κ2) is 7.12. The average Bonchev–Trinajstić information content (AvgIpc) is 2.45. The van der Waals surface area contributed by atoms with Crippen molar-refractivity contribution in [3.63, 3.8) is 0 Å². The van der Waals surface area contributed by atoms with Gasteiger partial charge in [0.1, 0.15) is 12.4 Å². The molecule has 0 aliphatic rings. The van der Waals surface area contributed by atoms with Crippen LogP contribution >= 0.6 is 11.6 Å². The molecule has 0 spiro atoms. The fraction of sp³-hybridized carbons (Fsp3) is 0.267. The van der Waals surface area contributed by atoms with Crippen LogP contribution in [0.2, 0.25) is 5.02 Å². The summed E-state index contributed by atoms with van der Waals surface area (Å²) in [6.45, 7) is 4.26. The Bertz CT molecular complexity index is 517. The van der Waals surface area contributed by atoms with Gasteiger partial charge >= 0.3 is 0 Å². The van der Waals surface area contributed by atoms with Gasteiger partial charge in [0, 0.05) is 12.7 Å². The van der Waals surface area contributed by atoms with E-state index in [1.54, 1.807) is 6.20 Å². The van der Waals surface area contributed by atoms with Gasteiger partial charge in [-0.25, -0.2) is 0 Å². The van der Waals surface area contributed by atoms with Gasteiger partial charge in [0.15, 0.2) is 0 Å². The molecule has 0 amide bonds. The van der Waals surface area contributed by atoms with Crippen molar-refractivity contribution in [3.05, 3.63) is 58.9 Å². The molecule has 1 aromatic carbocycles. The van der Waals surface area contributed by atoms with Gasteiger partial charge in [-0.1, -0.05) is 30.7 Å². The summed E-state index contributed by atoms with van der Waals surface area (Å²) >= 11 is 6.20. The standard InChI is InChI=1S/C15H17ClN2O/c1-2-17-10-12-6-7-15(14(16)9-12)19-11-13-5-3-4-8-18-13/h3-9,17H,2,10-11H2,1H3. The first kappa shape index (κ1) is 13.8. The van der Waals surface area contributed by atoms with Gasteiger partial charge < -0.3 is 10.1 Å². The largest absolute Gasteiger partial charge is 0.486 e. The van der Waals surface area contributed by atoms with Gasteiger partial charge in [-0.15, -0.1) is 0 Å². The van der Waals surface area contributed by atoms with E-state index in [0.717, 1.165) is 24.3 Å². The Morgan fingerprint density at radius 1 is 1.26 bits per heavy atom. The molecule has 1 aromatic heterocycles. The Kier molecular flexibility index (Phi) is 5.19. The highest BCUT2D eigenvalue weighted by Gasteiger charge is 2.04. The fourth-order valence-corrected chi connectivity index (χ4v) is 1.93. The molecule has 0 unspecified atom stereocenters. The van der Waals surface area contributed by atoms with Crippen molar-refractivity contribution in [2.24, 2.45) is 0 Å². The highest BCUT2D eigenvalue weighted by Crippen LogP contribution is 2.26. The molecule has 19 heavy (non-hydrogen) atoms. The van der Waals surface area contributed by atoms with Gasteiger partial charge in [0.05, 0.1) is 10.7 Å². The van der Waals surface area contributed by atoms with E-state index in [0.29, 0.717) is 17.4 Å². The number of halogens is 1. The molecule has 3 nitrogen and oxygen atoms in total. The molecule has 0 radical (unpaired) electrons. The molecule has 0 saturated carbocycles. The van der Waals surface area contributed by atoms with E-state index in [9.17, 15) is 0 Å². The summed E-state index contributed by atoms with van der Waals surface area (Å²) < 4.78 is 5.67. The number of pyridine rings is 1. The van der Waals surface area contributed by atoms with Crippen LogP contribution in [0.4, 0.5) is 0 Å². The third kappa shape index (κ3) is 4.23. The van der Waals surface area contributed by atoms with Crippen molar-refractivity contribution in [1.82, 2.24) is 10.3 Å². The van der Waals surface area contributed by atoms with E-state index in [2.05, 4.69) is 17.2 Å². The minimum absolute atomic E-state index is 0.424. The number of ether oxygens (including phenoxy) is 1. The van der Waals surface area contributed by atoms with Gasteiger partial charge in [-0.05, 0) is 36.4 Å². The van der Waals surface area contributed by atoms with E-state index in [1.165, 1.54) is 0 Å². The van der Waals surface area contributed by atoms with Crippen LogP contribution in [-0.4, -0.2) is 11.5 Å². The normalized spacial score (nSPS) is 10.4. The second-order valence-electron chi connectivity index (χ2n) is 4.15. The number of rotatable bonds is 6. The van der Waals surface area contributed by atoms with Crippen LogP contribution in [0.3, 0.4) is 0 Å². The number of nitrogens with zero attached hydrogens (tertiary/aromatic N) is 1. The molecule has 0 aliphatic heterocycles. The van der Waals surface area contributed by atoms with Crippen LogP contribution in [0.25, 0.3) is 0 Å². The maximum absolute atomic E-state index is 6.20. The predicted octanol–water partition coefficient (Wildman–Crippen LogP) is 3.42. The van der Waals surface area contributed by atoms with Crippen molar-refractivity contribution < 1.29 is 4.74 Å². The minimum Gasteiger partial charge on any atom is -0.486 e. The zero-order valence-electron chi connectivity index (χ0n) is 10.9. The summed E-state index contributed by atoms with van der Waals surface area (Å²) in [5.74, 6) is 0.688. The zero-order chi connectivity index (χ0) is 13.5. The number of nitrogens with one attached hydrogen (secondary N) is 1. The molecule has 0 fully saturated rings. The molecule has 0 bridgehead atoms. The van der Waals surface area contributed by atoms with Crippen LogP contribution in [-0.2, 0) is 13.2 Å². The number of hydrogen-bond donors (Lipinski definition) is 1. The average molecular weight is 277 g/mol. The van der Waals surface area contributed by atoms with Crippen molar-refractivity contribution in [2.75, 3.05) is 6.54 Å². The van der Waals surface area contributed by atoms with E-state index >= 15 is 0 Å². The summed E-state index contributed by atoms with van der Waals surface area (Å²) in [6, 6.07) is 11.6. The summed E-state index contributed by atoms with van der Waals surface area (Å²) in [6.07, 6.45) is 1.75. The smallest absolute Gasteiger partial charge is 0.138 e.